The summed E-state index contributed by atoms with van der Waals surface area (Å²) < 4.78 is 5.64. The average Bonchev–Trinajstić information content (AvgIpc) is 3.46. The highest BCUT2D eigenvalue weighted by atomic mass is 16.2. The number of carbonyl (C=O) groups is 1. The summed E-state index contributed by atoms with van der Waals surface area (Å²) in [5.74, 6) is 0.873. The third-order valence-corrected chi connectivity index (χ3v) is 5.16. The topological polar surface area (TPSA) is 60.4 Å². The predicted octanol–water partition coefficient (Wildman–Crippen LogP) is 3.79. The van der Waals surface area contributed by atoms with Crippen LogP contribution in [0.1, 0.15) is 37.2 Å². The zero-order chi connectivity index (χ0) is 20.4. The van der Waals surface area contributed by atoms with Crippen molar-refractivity contribution in [1.82, 2.24) is 28.9 Å². The van der Waals surface area contributed by atoms with Gasteiger partial charge in [0, 0.05) is 55.4 Å². The summed E-state index contributed by atoms with van der Waals surface area (Å²) in [4.78, 5) is 14.7. The zero-order valence-corrected chi connectivity index (χ0v) is 17.1. The highest BCUT2D eigenvalue weighted by Crippen LogP contribution is 2.22. The van der Waals surface area contributed by atoms with Crippen LogP contribution in [-0.2, 0) is 7.05 Å². The van der Waals surface area contributed by atoms with Gasteiger partial charge in [-0.3, -0.25) is 9.48 Å². The minimum Gasteiger partial charge on any atom is -0.338 e. The van der Waals surface area contributed by atoms with E-state index in [4.69, 9.17) is 0 Å². The number of rotatable bonds is 7. The average molecular weight is 390 g/mol. The maximum Gasteiger partial charge on any atom is 0.274 e. The molecule has 0 bridgehead atoms. The van der Waals surface area contributed by atoms with Gasteiger partial charge in [-0.2, -0.15) is 10.2 Å². The molecule has 7 nitrogen and oxygen atoms in total. The molecule has 4 rings (SSSR count). The number of nitrogens with zero attached hydrogens (tertiary/aromatic N) is 6. The molecule has 1 amide bonds. The highest BCUT2D eigenvalue weighted by molar-refractivity contribution is 5.92. The Balaban J connectivity index is 1.66. The summed E-state index contributed by atoms with van der Waals surface area (Å²) in [5.41, 5.74) is 3.67. The van der Waals surface area contributed by atoms with Crippen LogP contribution in [-0.4, -0.2) is 47.9 Å². The third kappa shape index (κ3) is 3.68. The Bertz CT molecular complexity index is 1140. The molecule has 0 saturated carbocycles. The van der Waals surface area contributed by atoms with Gasteiger partial charge in [0.1, 0.15) is 5.82 Å². The van der Waals surface area contributed by atoms with E-state index in [1.54, 1.807) is 15.4 Å². The summed E-state index contributed by atoms with van der Waals surface area (Å²) in [6.45, 7) is 5.59. The van der Waals surface area contributed by atoms with Gasteiger partial charge in [0.15, 0.2) is 5.69 Å². The van der Waals surface area contributed by atoms with E-state index in [1.807, 2.05) is 49.6 Å². The summed E-state index contributed by atoms with van der Waals surface area (Å²) >= 11 is 0. The van der Waals surface area contributed by atoms with Crippen LogP contribution in [0.3, 0.4) is 0 Å². The number of unbranched alkanes of at least 4 members (excludes halogenated alkanes) is 1. The van der Waals surface area contributed by atoms with Crippen LogP contribution >= 0.6 is 0 Å². The van der Waals surface area contributed by atoms with E-state index in [2.05, 4.69) is 39.9 Å². The molecular weight excluding hydrogens is 364 g/mol. The quantitative estimate of drug-likeness (QED) is 0.482. The lowest BCUT2D eigenvalue weighted by Gasteiger charge is -2.19. The molecule has 0 atom stereocenters. The number of hydrogen-bond donors (Lipinski definition) is 0. The van der Waals surface area contributed by atoms with E-state index in [-0.39, 0.29) is 5.91 Å². The van der Waals surface area contributed by atoms with E-state index in [0.29, 0.717) is 12.2 Å². The van der Waals surface area contributed by atoms with Crippen molar-refractivity contribution in [1.29, 1.82) is 0 Å². The number of pyridine rings is 1. The van der Waals surface area contributed by atoms with Gasteiger partial charge in [0.05, 0.1) is 6.20 Å². The van der Waals surface area contributed by atoms with Crippen LogP contribution in [0.25, 0.3) is 22.5 Å². The van der Waals surface area contributed by atoms with Crippen molar-refractivity contribution in [3.63, 3.8) is 0 Å². The molecule has 7 heteroatoms. The lowest BCUT2D eigenvalue weighted by atomic mass is 10.1. The molecule has 0 spiro atoms. The molecule has 0 N–H and O–H groups in total. The Hall–Kier alpha value is -3.35. The largest absolute Gasteiger partial charge is 0.338 e. The van der Waals surface area contributed by atoms with E-state index in [0.717, 1.165) is 41.8 Å². The first-order valence-electron chi connectivity index (χ1n) is 10.1. The van der Waals surface area contributed by atoms with Crippen LogP contribution in [0.4, 0.5) is 0 Å². The molecule has 0 saturated heterocycles. The Morgan fingerprint density at radius 2 is 1.90 bits per heavy atom. The molecule has 4 heterocycles. The fraction of sp³-hybridized carbons (Fsp3) is 0.318. The van der Waals surface area contributed by atoms with Gasteiger partial charge in [-0.05, 0) is 37.6 Å². The number of fused-ring (bicyclic) bond motifs is 1. The highest BCUT2D eigenvalue weighted by Gasteiger charge is 2.17. The molecular formula is C22H26N6O. The first-order chi connectivity index (χ1) is 14.1. The van der Waals surface area contributed by atoms with Crippen molar-refractivity contribution in [3.8, 4) is 16.9 Å². The second-order valence-electron chi connectivity index (χ2n) is 7.19. The summed E-state index contributed by atoms with van der Waals surface area (Å²) in [6.07, 6.45) is 9.83. The van der Waals surface area contributed by atoms with Crippen LogP contribution in [0.2, 0.25) is 0 Å². The van der Waals surface area contributed by atoms with Crippen molar-refractivity contribution >= 4 is 11.4 Å². The van der Waals surface area contributed by atoms with Gasteiger partial charge in [-0.15, -0.1) is 0 Å². The minimum absolute atomic E-state index is 0.0170. The number of amides is 1. The molecule has 0 aliphatic heterocycles. The van der Waals surface area contributed by atoms with Crippen LogP contribution in [0, 0.1) is 0 Å². The molecule has 0 aliphatic carbocycles. The molecule has 0 radical (unpaired) electrons. The smallest absolute Gasteiger partial charge is 0.274 e. The minimum atomic E-state index is -0.0170. The lowest BCUT2D eigenvalue weighted by molar-refractivity contribution is 0.0756. The number of aryl methyl sites for hydroxylation is 1. The summed E-state index contributed by atoms with van der Waals surface area (Å²) in [6, 6.07) is 10.0. The molecule has 0 aliphatic rings. The predicted molar refractivity (Wildman–Crippen MR) is 113 cm³/mol. The summed E-state index contributed by atoms with van der Waals surface area (Å²) in [5, 5.41) is 8.83. The maximum absolute atomic E-state index is 12.8. The number of carbonyl (C=O) groups excluding carboxylic acids is 1. The third-order valence-electron chi connectivity index (χ3n) is 5.16. The second-order valence-corrected chi connectivity index (χ2v) is 7.19. The monoisotopic (exact) mass is 390 g/mol. The molecule has 29 heavy (non-hydrogen) atoms. The Kier molecular flexibility index (Phi) is 5.20. The van der Waals surface area contributed by atoms with Gasteiger partial charge in [-0.1, -0.05) is 19.4 Å². The Morgan fingerprint density at radius 3 is 2.62 bits per heavy atom. The van der Waals surface area contributed by atoms with Gasteiger partial charge in [-0.25, -0.2) is 4.68 Å². The Morgan fingerprint density at radius 1 is 1.07 bits per heavy atom. The first-order valence-corrected chi connectivity index (χ1v) is 10.1. The van der Waals surface area contributed by atoms with Crippen molar-refractivity contribution in [2.45, 2.75) is 26.7 Å². The van der Waals surface area contributed by atoms with Gasteiger partial charge < -0.3 is 9.30 Å². The van der Waals surface area contributed by atoms with Gasteiger partial charge in [0.2, 0.25) is 0 Å². The fourth-order valence-corrected chi connectivity index (χ4v) is 3.49. The standard InChI is InChI=1S/C22H26N6O/c1-4-6-12-26(5-2)22(29)20-11-13-28(24-20)21-10-9-19-8-7-17(16-27(19)21)18-14-23-25(3)15-18/h7-11,13-16H,4-6,12H2,1-3H3. The fourth-order valence-electron chi connectivity index (χ4n) is 3.49. The molecule has 0 unspecified atom stereocenters. The second kappa shape index (κ2) is 7.95. The molecule has 0 fully saturated rings. The molecule has 0 aromatic carbocycles. The Labute approximate surface area is 170 Å². The summed E-state index contributed by atoms with van der Waals surface area (Å²) in [7, 11) is 1.91. The van der Waals surface area contributed by atoms with Crippen LogP contribution < -0.4 is 0 Å². The van der Waals surface area contributed by atoms with E-state index in [9.17, 15) is 4.79 Å². The van der Waals surface area contributed by atoms with E-state index >= 15 is 0 Å². The SMILES string of the molecule is CCCCN(CC)C(=O)c1ccn(-c2ccc3ccc(-c4cnn(C)c4)cn23)n1. The van der Waals surface area contributed by atoms with E-state index in [1.165, 1.54) is 0 Å². The van der Waals surface area contributed by atoms with Crippen molar-refractivity contribution < 1.29 is 4.79 Å². The van der Waals surface area contributed by atoms with Crippen molar-refractivity contribution in [2.24, 2.45) is 7.05 Å². The number of aromatic nitrogens is 5. The van der Waals surface area contributed by atoms with Gasteiger partial charge in [0.25, 0.3) is 5.91 Å². The molecule has 4 aromatic rings. The van der Waals surface area contributed by atoms with Gasteiger partial charge >= 0.3 is 0 Å². The zero-order valence-electron chi connectivity index (χ0n) is 17.1. The van der Waals surface area contributed by atoms with E-state index < -0.39 is 0 Å². The maximum atomic E-state index is 12.8. The molecule has 4 aromatic heterocycles. The van der Waals surface area contributed by atoms with Crippen molar-refractivity contribution in [3.05, 3.63) is 60.8 Å². The lowest BCUT2D eigenvalue weighted by Crippen LogP contribution is -2.32. The molecule has 150 valence electrons. The normalized spacial score (nSPS) is 11.3. The van der Waals surface area contributed by atoms with Crippen LogP contribution in [0.15, 0.2) is 55.1 Å². The number of hydrogen-bond acceptors (Lipinski definition) is 3. The van der Waals surface area contributed by atoms with Crippen molar-refractivity contribution in [2.75, 3.05) is 13.1 Å². The first kappa shape index (κ1) is 19.0. The van der Waals surface area contributed by atoms with Crippen LogP contribution in [0.5, 0.6) is 0 Å².